The number of benzene rings is 1. The van der Waals surface area contributed by atoms with E-state index in [4.69, 9.17) is 0 Å². The van der Waals surface area contributed by atoms with Gasteiger partial charge in [0.15, 0.2) is 11.0 Å². The lowest BCUT2D eigenvalue weighted by Crippen LogP contribution is -2.38. The molecule has 0 spiro atoms. The van der Waals surface area contributed by atoms with E-state index in [9.17, 15) is 4.39 Å². The summed E-state index contributed by atoms with van der Waals surface area (Å²) in [6.07, 6.45) is 0. The van der Waals surface area contributed by atoms with Gasteiger partial charge >= 0.3 is 0 Å². The maximum atomic E-state index is 14.1. The monoisotopic (exact) mass is 335 g/mol. The maximum Gasteiger partial charge on any atom is 0.193 e. The van der Waals surface area contributed by atoms with Crippen LogP contribution in [0.5, 0.6) is 0 Å². The van der Waals surface area contributed by atoms with Gasteiger partial charge in [-0.2, -0.15) is 0 Å². The van der Waals surface area contributed by atoms with E-state index in [0.717, 1.165) is 37.2 Å². The second-order valence-electron chi connectivity index (χ2n) is 5.55. The first-order valence-corrected chi connectivity index (χ1v) is 8.97. The average molecular weight is 335 g/mol. The van der Waals surface area contributed by atoms with Crippen molar-refractivity contribution in [3.05, 3.63) is 30.1 Å². The molecule has 0 bridgehead atoms. The Morgan fingerprint density at radius 3 is 2.74 bits per heavy atom. The number of likely N-dealkylation sites (N-methyl/N-ethyl adjacent to an activating group) is 1. The molecule has 7 heteroatoms. The Labute approximate surface area is 140 Å². The predicted octanol–water partition coefficient (Wildman–Crippen LogP) is 2.75. The molecule has 1 aromatic heterocycles. The highest BCUT2D eigenvalue weighted by molar-refractivity contribution is 7.99. The van der Waals surface area contributed by atoms with Crippen LogP contribution in [0.25, 0.3) is 11.4 Å². The fraction of sp³-hybridized carbons (Fsp3) is 0.500. The molecule has 0 saturated carbocycles. The van der Waals surface area contributed by atoms with Gasteiger partial charge in [-0.25, -0.2) is 4.39 Å². The van der Waals surface area contributed by atoms with Crippen LogP contribution in [0, 0.1) is 5.82 Å². The van der Waals surface area contributed by atoms with Gasteiger partial charge in [-0.3, -0.25) is 9.47 Å². The summed E-state index contributed by atoms with van der Waals surface area (Å²) in [6, 6.07) is 6.74. The van der Waals surface area contributed by atoms with E-state index in [0.29, 0.717) is 18.1 Å². The molecule has 1 aromatic carbocycles. The Morgan fingerprint density at radius 2 is 2.00 bits per heavy atom. The van der Waals surface area contributed by atoms with Crippen molar-refractivity contribution in [1.29, 1.82) is 0 Å². The molecular weight excluding hydrogens is 313 g/mol. The molecule has 3 rings (SSSR count). The largest absolute Gasteiger partial charge is 0.303 e. The SMILES string of the molecule is CCN(CC)CCN1CSc2nnc(-c3ccccc3F)n2C1. The van der Waals surface area contributed by atoms with Crippen LogP contribution in [0.3, 0.4) is 0 Å². The third-order valence-electron chi connectivity index (χ3n) is 4.18. The van der Waals surface area contributed by atoms with Gasteiger partial charge in [0.1, 0.15) is 5.82 Å². The highest BCUT2D eigenvalue weighted by Crippen LogP contribution is 2.29. The maximum absolute atomic E-state index is 14.1. The third-order valence-corrected chi connectivity index (χ3v) is 5.23. The molecule has 0 saturated heterocycles. The van der Waals surface area contributed by atoms with Gasteiger partial charge in [0, 0.05) is 13.1 Å². The van der Waals surface area contributed by atoms with Crippen molar-refractivity contribution in [1.82, 2.24) is 24.6 Å². The summed E-state index contributed by atoms with van der Waals surface area (Å²) in [5, 5.41) is 9.28. The number of hydrogen-bond acceptors (Lipinski definition) is 5. The van der Waals surface area contributed by atoms with Gasteiger partial charge in [0.25, 0.3) is 0 Å². The first-order valence-electron chi connectivity index (χ1n) is 7.98. The summed E-state index contributed by atoms with van der Waals surface area (Å²) >= 11 is 1.66. The van der Waals surface area contributed by atoms with Crippen LogP contribution in [0.1, 0.15) is 13.8 Å². The minimum absolute atomic E-state index is 0.257. The van der Waals surface area contributed by atoms with Gasteiger partial charge in [-0.1, -0.05) is 37.7 Å². The lowest BCUT2D eigenvalue weighted by Gasteiger charge is -2.29. The fourth-order valence-electron chi connectivity index (χ4n) is 2.71. The molecule has 2 heterocycles. The Bertz CT molecular complexity index is 656. The molecule has 0 aliphatic carbocycles. The molecule has 0 N–H and O–H groups in total. The van der Waals surface area contributed by atoms with Crippen LogP contribution in [0.15, 0.2) is 29.4 Å². The van der Waals surface area contributed by atoms with E-state index in [1.54, 1.807) is 23.9 Å². The Kier molecular flexibility index (Phi) is 5.30. The van der Waals surface area contributed by atoms with Crippen molar-refractivity contribution in [2.24, 2.45) is 0 Å². The number of halogens is 1. The van der Waals surface area contributed by atoms with Crippen LogP contribution in [0.2, 0.25) is 0 Å². The first kappa shape index (κ1) is 16.4. The van der Waals surface area contributed by atoms with E-state index in [2.05, 4.69) is 33.8 Å². The van der Waals surface area contributed by atoms with Crippen LogP contribution in [-0.2, 0) is 6.67 Å². The van der Waals surface area contributed by atoms with Crippen molar-refractivity contribution in [2.75, 3.05) is 32.1 Å². The molecule has 124 valence electrons. The average Bonchev–Trinajstić information content (AvgIpc) is 2.99. The number of fused-ring (bicyclic) bond motifs is 1. The minimum Gasteiger partial charge on any atom is -0.303 e. The van der Waals surface area contributed by atoms with Crippen LogP contribution in [-0.4, -0.2) is 56.6 Å². The molecule has 23 heavy (non-hydrogen) atoms. The van der Waals surface area contributed by atoms with E-state index in [-0.39, 0.29) is 5.82 Å². The van der Waals surface area contributed by atoms with Gasteiger partial charge < -0.3 is 4.90 Å². The second-order valence-corrected chi connectivity index (χ2v) is 6.46. The number of thioether (sulfide) groups is 1. The smallest absolute Gasteiger partial charge is 0.193 e. The fourth-order valence-corrected chi connectivity index (χ4v) is 3.62. The van der Waals surface area contributed by atoms with Crippen molar-refractivity contribution in [2.45, 2.75) is 25.7 Å². The highest BCUT2D eigenvalue weighted by atomic mass is 32.2. The number of hydrogen-bond donors (Lipinski definition) is 0. The van der Waals surface area contributed by atoms with E-state index in [1.807, 2.05) is 10.6 Å². The van der Waals surface area contributed by atoms with Gasteiger partial charge in [-0.15, -0.1) is 10.2 Å². The lowest BCUT2D eigenvalue weighted by molar-refractivity contribution is 0.195. The third kappa shape index (κ3) is 3.57. The van der Waals surface area contributed by atoms with E-state index >= 15 is 0 Å². The molecular formula is C16H22FN5S. The first-order chi connectivity index (χ1) is 11.2. The minimum atomic E-state index is -0.257. The molecule has 0 amide bonds. The van der Waals surface area contributed by atoms with Crippen LogP contribution >= 0.6 is 11.8 Å². The normalized spacial score (nSPS) is 15.1. The summed E-state index contributed by atoms with van der Waals surface area (Å²) in [4.78, 5) is 4.76. The number of aromatic nitrogens is 3. The zero-order chi connectivity index (χ0) is 16.2. The second kappa shape index (κ2) is 7.42. The summed E-state index contributed by atoms with van der Waals surface area (Å²) < 4.78 is 16.1. The zero-order valence-corrected chi connectivity index (χ0v) is 14.4. The Hall–Kier alpha value is -1.44. The van der Waals surface area contributed by atoms with Gasteiger partial charge in [0.05, 0.1) is 18.1 Å². The zero-order valence-electron chi connectivity index (χ0n) is 13.6. The topological polar surface area (TPSA) is 37.2 Å². The van der Waals surface area contributed by atoms with Crippen molar-refractivity contribution in [3.63, 3.8) is 0 Å². The molecule has 1 aliphatic heterocycles. The molecule has 1 aliphatic rings. The Morgan fingerprint density at radius 1 is 1.22 bits per heavy atom. The molecule has 0 radical (unpaired) electrons. The molecule has 0 unspecified atom stereocenters. The van der Waals surface area contributed by atoms with Gasteiger partial charge in [-0.05, 0) is 25.2 Å². The molecule has 2 aromatic rings. The van der Waals surface area contributed by atoms with E-state index < -0.39 is 0 Å². The molecule has 0 atom stereocenters. The predicted molar refractivity (Wildman–Crippen MR) is 90.6 cm³/mol. The summed E-state index contributed by atoms with van der Waals surface area (Å²) in [7, 11) is 0. The summed E-state index contributed by atoms with van der Waals surface area (Å²) in [5.41, 5.74) is 0.512. The van der Waals surface area contributed by atoms with E-state index in [1.165, 1.54) is 6.07 Å². The molecule has 0 fully saturated rings. The number of nitrogens with zero attached hydrogens (tertiary/aromatic N) is 5. The standard InChI is InChI=1S/C16H22FN5S/c1-3-20(4-2)9-10-21-11-22-15(18-19-16(22)23-12-21)13-7-5-6-8-14(13)17/h5-8H,3-4,9-12H2,1-2H3. The quantitative estimate of drug-likeness (QED) is 0.811. The molecule has 5 nitrogen and oxygen atoms in total. The van der Waals surface area contributed by atoms with Gasteiger partial charge in [0.2, 0.25) is 0 Å². The van der Waals surface area contributed by atoms with Crippen LogP contribution in [0.4, 0.5) is 4.39 Å². The highest BCUT2D eigenvalue weighted by Gasteiger charge is 2.23. The van der Waals surface area contributed by atoms with Crippen molar-refractivity contribution in [3.8, 4) is 11.4 Å². The van der Waals surface area contributed by atoms with Crippen LogP contribution < -0.4 is 0 Å². The lowest BCUT2D eigenvalue weighted by atomic mass is 10.2. The van der Waals surface area contributed by atoms with Crippen molar-refractivity contribution >= 4 is 11.8 Å². The Balaban J connectivity index is 1.75. The number of rotatable bonds is 6. The summed E-state index contributed by atoms with van der Waals surface area (Å²) in [5.74, 6) is 1.25. The van der Waals surface area contributed by atoms with Crippen molar-refractivity contribution < 1.29 is 4.39 Å². The summed E-state index contributed by atoms with van der Waals surface area (Å²) in [6.45, 7) is 9.24.